The second kappa shape index (κ2) is 9.62. The molecule has 0 aromatic carbocycles. The summed E-state index contributed by atoms with van der Waals surface area (Å²) in [7, 11) is 0. The van der Waals surface area contributed by atoms with Crippen molar-refractivity contribution in [2.45, 2.75) is 66.0 Å². The molecule has 22 heavy (non-hydrogen) atoms. The standard InChI is InChI=1S/C19H32N2O/c1-6-8-14-21(15-17-12-9-10-13-20-17)16-18(11-7-2)22-19(3,4)5/h9-13H,6-8,14-16H2,1-5H3/b18-11+. The Morgan fingerprint density at radius 2 is 2.05 bits per heavy atom. The third-order valence-corrected chi connectivity index (χ3v) is 3.19. The zero-order valence-corrected chi connectivity index (χ0v) is 14.9. The van der Waals surface area contributed by atoms with Crippen molar-refractivity contribution < 1.29 is 4.74 Å². The molecule has 1 heterocycles. The zero-order valence-electron chi connectivity index (χ0n) is 14.9. The first-order chi connectivity index (χ1) is 10.4. The van der Waals surface area contributed by atoms with E-state index in [0.29, 0.717) is 0 Å². The Balaban J connectivity index is 2.74. The van der Waals surface area contributed by atoms with E-state index in [1.807, 2.05) is 12.3 Å². The normalized spacial score (nSPS) is 12.7. The maximum atomic E-state index is 6.13. The van der Waals surface area contributed by atoms with Gasteiger partial charge in [0, 0.05) is 12.7 Å². The molecule has 0 aliphatic rings. The molecular formula is C19H32N2O. The van der Waals surface area contributed by atoms with E-state index in [0.717, 1.165) is 37.5 Å². The monoisotopic (exact) mass is 304 g/mol. The minimum Gasteiger partial charge on any atom is -0.491 e. The molecule has 0 saturated carbocycles. The summed E-state index contributed by atoms with van der Waals surface area (Å²) in [4.78, 5) is 6.88. The highest BCUT2D eigenvalue weighted by Crippen LogP contribution is 2.16. The summed E-state index contributed by atoms with van der Waals surface area (Å²) in [5, 5.41) is 0. The Kier molecular flexibility index (Phi) is 8.18. The molecule has 3 nitrogen and oxygen atoms in total. The molecule has 1 aromatic heterocycles. The van der Waals surface area contributed by atoms with Gasteiger partial charge in [0.05, 0.1) is 12.2 Å². The third kappa shape index (κ3) is 8.18. The number of hydrogen-bond acceptors (Lipinski definition) is 3. The van der Waals surface area contributed by atoms with Crippen molar-refractivity contribution >= 4 is 0 Å². The van der Waals surface area contributed by atoms with Crippen molar-refractivity contribution in [2.24, 2.45) is 0 Å². The van der Waals surface area contributed by atoms with Crippen molar-refractivity contribution in [2.75, 3.05) is 13.1 Å². The number of allylic oxidation sites excluding steroid dienone is 1. The van der Waals surface area contributed by atoms with Gasteiger partial charge >= 0.3 is 0 Å². The van der Waals surface area contributed by atoms with Crippen LogP contribution in [-0.2, 0) is 11.3 Å². The highest BCUT2D eigenvalue weighted by molar-refractivity contribution is 5.05. The molecule has 0 unspecified atom stereocenters. The molecule has 0 radical (unpaired) electrons. The smallest absolute Gasteiger partial charge is 0.107 e. The Labute approximate surface area is 136 Å². The summed E-state index contributed by atoms with van der Waals surface area (Å²) < 4.78 is 6.13. The lowest BCUT2D eigenvalue weighted by Gasteiger charge is -2.28. The topological polar surface area (TPSA) is 25.4 Å². The fourth-order valence-corrected chi connectivity index (χ4v) is 2.30. The van der Waals surface area contributed by atoms with Crippen LogP contribution in [0, 0.1) is 0 Å². The first kappa shape index (κ1) is 18.7. The minimum atomic E-state index is -0.150. The van der Waals surface area contributed by atoms with E-state index in [1.54, 1.807) is 0 Å². The van der Waals surface area contributed by atoms with Crippen LogP contribution < -0.4 is 0 Å². The van der Waals surface area contributed by atoms with Crippen LogP contribution in [0.25, 0.3) is 0 Å². The molecule has 0 fully saturated rings. The van der Waals surface area contributed by atoms with Crippen molar-refractivity contribution in [3.8, 4) is 0 Å². The maximum absolute atomic E-state index is 6.13. The Hall–Kier alpha value is -1.35. The molecule has 0 atom stereocenters. The van der Waals surface area contributed by atoms with Gasteiger partial charge in [-0.3, -0.25) is 9.88 Å². The minimum absolute atomic E-state index is 0.150. The summed E-state index contributed by atoms with van der Waals surface area (Å²) in [5.41, 5.74) is 0.966. The summed E-state index contributed by atoms with van der Waals surface area (Å²) in [6.45, 7) is 13.5. The molecule has 0 saturated heterocycles. The molecule has 0 spiro atoms. The lowest BCUT2D eigenvalue weighted by molar-refractivity contribution is 0.0369. The number of nitrogens with zero attached hydrogens (tertiary/aromatic N) is 2. The lowest BCUT2D eigenvalue weighted by atomic mass is 10.2. The number of pyridine rings is 1. The first-order valence-electron chi connectivity index (χ1n) is 8.45. The van der Waals surface area contributed by atoms with E-state index in [2.05, 4.69) is 62.7 Å². The lowest BCUT2D eigenvalue weighted by Crippen LogP contribution is -2.30. The van der Waals surface area contributed by atoms with Gasteiger partial charge in [-0.15, -0.1) is 0 Å². The van der Waals surface area contributed by atoms with Crippen LogP contribution in [0.4, 0.5) is 0 Å². The van der Waals surface area contributed by atoms with E-state index in [9.17, 15) is 0 Å². The number of unbranched alkanes of at least 4 members (excludes halogenated alkanes) is 1. The maximum Gasteiger partial charge on any atom is 0.107 e. The quantitative estimate of drug-likeness (QED) is 0.613. The van der Waals surface area contributed by atoms with Gasteiger partial charge in [-0.2, -0.15) is 0 Å². The van der Waals surface area contributed by atoms with Crippen LogP contribution in [-0.4, -0.2) is 28.6 Å². The molecule has 0 aliphatic heterocycles. The van der Waals surface area contributed by atoms with E-state index in [-0.39, 0.29) is 5.60 Å². The van der Waals surface area contributed by atoms with Gasteiger partial charge in [0.2, 0.25) is 0 Å². The highest BCUT2D eigenvalue weighted by atomic mass is 16.5. The van der Waals surface area contributed by atoms with E-state index in [1.165, 1.54) is 12.8 Å². The number of aromatic nitrogens is 1. The van der Waals surface area contributed by atoms with Gasteiger partial charge in [0.1, 0.15) is 11.4 Å². The number of hydrogen-bond donors (Lipinski definition) is 0. The van der Waals surface area contributed by atoms with Crippen LogP contribution >= 0.6 is 0 Å². The first-order valence-corrected chi connectivity index (χ1v) is 8.45. The SMILES string of the molecule is CC/C=C(\CN(CCCC)Cc1ccccn1)OC(C)(C)C. The summed E-state index contributed by atoms with van der Waals surface area (Å²) in [6, 6.07) is 6.10. The molecule has 0 aliphatic carbocycles. The second-order valence-corrected chi connectivity index (χ2v) is 6.68. The molecule has 1 rings (SSSR count). The Morgan fingerprint density at radius 1 is 1.27 bits per heavy atom. The Morgan fingerprint density at radius 3 is 2.59 bits per heavy atom. The van der Waals surface area contributed by atoms with Crippen LogP contribution in [0.2, 0.25) is 0 Å². The Bertz CT molecular complexity index is 434. The van der Waals surface area contributed by atoms with Crippen LogP contribution in [0.3, 0.4) is 0 Å². The summed E-state index contributed by atoms with van der Waals surface area (Å²) >= 11 is 0. The van der Waals surface area contributed by atoms with Crippen LogP contribution in [0.15, 0.2) is 36.2 Å². The predicted molar refractivity (Wildman–Crippen MR) is 93.6 cm³/mol. The summed E-state index contributed by atoms with van der Waals surface area (Å²) in [6.07, 6.45) is 7.45. The predicted octanol–water partition coefficient (Wildman–Crippen LogP) is 4.79. The fraction of sp³-hybridized carbons (Fsp3) is 0.632. The van der Waals surface area contributed by atoms with Gasteiger partial charge in [-0.1, -0.05) is 26.3 Å². The number of rotatable bonds is 9. The highest BCUT2D eigenvalue weighted by Gasteiger charge is 2.16. The van der Waals surface area contributed by atoms with Crippen molar-refractivity contribution in [3.63, 3.8) is 0 Å². The second-order valence-electron chi connectivity index (χ2n) is 6.68. The molecule has 0 bridgehead atoms. The molecule has 0 amide bonds. The van der Waals surface area contributed by atoms with Gasteiger partial charge in [-0.05, 0) is 58.4 Å². The molecule has 0 N–H and O–H groups in total. The van der Waals surface area contributed by atoms with E-state index < -0.39 is 0 Å². The van der Waals surface area contributed by atoms with E-state index >= 15 is 0 Å². The van der Waals surface area contributed by atoms with Gasteiger partial charge in [0.15, 0.2) is 0 Å². The van der Waals surface area contributed by atoms with Crippen LogP contribution in [0.5, 0.6) is 0 Å². The molecule has 124 valence electrons. The van der Waals surface area contributed by atoms with Gasteiger partial charge in [0.25, 0.3) is 0 Å². The molecule has 1 aromatic rings. The fourth-order valence-electron chi connectivity index (χ4n) is 2.30. The van der Waals surface area contributed by atoms with Crippen molar-refractivity contribution in [1.82, 2.24) is 9.88 Å². The molecule has 3 heteroatoms. The largest absolute Gasteiger partial charge is 0.491 e. The molecular weight excluding hydrogens is 272 g/mol. The van der Waals surface area contributed by atoms with Crippen molar-refractivity contribution in [3.05, 3.63) is 41.9 Å². The van der Waals surface area contributed by atoms with Crippen LogP contribution in [0.1, 0.15) is 59.6 Å². The average molecular weight is 304 g/mol. The van der Waals surface area contributed by atoms with E-state index in [4.69, 9.17) is 4.74 Å². The summed E-state index contributed by atoms with van der Waals surface area (Å²) in [5.74, 6) is 1.07. The van der Waals surface area contributed by atoms with Gasteiger partial charge in [-0.25, -0.2) is 0 Å². The zero-order chi connectivity index (χ0) is 16.4. The third-order valence-electron chi connectivity index (χ3n) is 3.19. The number of ether oxygens (including phenoxy) is 1. The van der Waals surface area contributed by atoms with Gasteiger partial charge < -0.3 is 4.74 Å². The average Bonchev–Trinajstić information content (AvgIpc) is 2.44. The van der Waals surface area contributed by atoms with Crippen molar-refractivity contribution in [1.29, 1.82) is 0 Å².